The summed E-state index contributed by atoms with van der Waals surface area (Å²) in [5.74, 6) is 3.31. The van der Waals surface area contributed by atoms with Crippen LogP contribution in [-0.4, -0.2) is 57.5 Å². The molecule has 6 rings (SSSR count). The van der Waals surface area contributed by atoms with Gasteiger partial charge in [-0.05, 0) is 97.9 Å². The summed E-state index contributed by atoms with van der Waals surface area (Å²) in [5, 5.41) is 6.53. The van der Waals surface area contributed by atoms with Crippen LogP contribution in [-0.2, 0) is 0 Å². The fourth-order valence-electron chi connectivity index (χ4n) is 5.65. The first-order chi connectivity index (χ1) is 23.3. The van der Waals surface area contributed by atoms with Crippen molar-refractivity contribution in [1.82, 2.24) is 9.13 Å². The Morgan fingerprint density at radius 3 is 1.49 bits per heavy atom. The SMILES string of the molecule is COc1ccc(-n2cc(C(C)=O)c3cc(OC)ccc32)cc1.COc1ccc(-n2ccc3cc(OC)ccc32)cc1.C[CH2][Al]([CH2]C)[CH2]C.Cl. The number of Topliss-reactive ketones (excluding diaryl/α,β-unsaturated/α-hetero) is 1. The highest BCUT2D eigenvalue weighted by atomic mass is 35.5. The second-order valence-corrected chi connectivity index (χ2v) is 15.6. The number of fused-ring (bicyclic) bond motifs is 2. The van der Waals surface area contributed by atoms with E-state index in [-0.39, 0.29) is 32.3 Å². The van der Waals surface area contributed by atoms with Gasteiger partial charge in [-0.1, -0.05) is 36.6 Å². The third-order valence-corrected chi connectivity index (χ3v) is 12.2. The summed E-state index contributed by atoms with van der Waals surface area (Å²) in [6, 6.07) is 29.7. The lowest BCUT2D eigenvalue weighted by Gasteiger charge is -2.07. The highest BCUT2D eigenvalue weighted by Crippen LogP contribution is 2.30. The molecule has 0 saturated heterocycles. The second-order valence-electron chi connectivity index (χ2n) is 11.4. The van der Waals surface area contributed by atoms with Crippen LogP contribution in [0.15, 0.2) is 103 Å². The standard InChI is InChI=1S/C18H17NO3.C16H15NO2.3C2H5.Al.ClH/c1-12(20)17-11-19(13-4-6-14(21-2)7-5-13)18-9-8-15(22-3)10-16(17)18;1-18-14-5-3-13(4-6-14)17-10-9-12-11-15(19-2)7-8-16(12)17;3*1-2;;/h4-11H,1-3H3;3-11H,1-2H3;3*1H2,2H3;;1H. The van der Waals surface area contributed by atoms with Crippen LogP contribution in [0.1, 0.15) is 38.1 Å². The van der Waals surface area contributed by atoms with E-state index in [1.54, 1.807) is 35.4 Å². The number of ketones is 1. The molecule has 0 fully saturated rings. The van der Waals surface area contributed by atoms with E-state index in [1.165, 1.54) is 15.8 Å². The Morgan fingerprint density at radius 2 is 1.04 bits per heavy atom. The Balaban J connectivity index is 0.000000221. The summed E-state index contributed by atoms with van der Waals surface area (Å²) in [6.45, 7) is 8.55. The van der Waals surface area contributed by atoms with Gasteiger partial charge in [-0.3, -0.25) is 4.79 Å². The van der Waals surface area contributed by atoms with Crippen molar-refractivity contribution in [2.45, 2.75) is 43.5 Å². The predicted molar refractivity (Wildman–Crippen MR) is 207 cm³/mol. The molecular formula is C40H48AlClN2O5. The zero-order valence-electron chi connectivity index (χ0n) is 29.9. The molecule has 0 aliphatic heterocycles. The summed E-state index contributed by atoms with van der Waals surface area (Å²) in [5.41, 5.74) is 4.90. The van der Waals surface area contributed by atoms with E-state index < -0.39 is 0 Å². The van der Waals surface area contributed by atoms with Gasteiger partial charge in [0, 0.05) is 40.1 Å². The van der Waals surface area contributed by atoms with E-state index >= 15 is 0 Å². The van der Waals surface area contributed by atoms with Crippen LogP contribution >= 0.6 is 12.4 Å². The molecule has 0 unspecified atom stereocenters. The fraction of sp³-hybridized carbons (Fsp3) is 0.275. The van der Waals surface area contributed by atoms with E-state index in [4.69, 9.17) is 18.9 Å². The number of hydrogen-bond donors (Lipinski definition) is 0. The van der Waals surface area contributed by atoms with Crippen molar-refractivity contribution in [3.63, 3.8) is 0 Å². The van der Waals surface area contributed by atoms with Crippen molar-refractivity contribution in [3.05, 3.63) is 109 Å². The molecule has 0 aliphatic rings. The molecule has 7 nitrogen and oxygen atoms in total. The lowest BCUT2D eigenvalue weighted by Crippen LogP contribution is -2.04. The number of rotatable bonds is 10. The van der Waals surface area contributed by atoms with Crippen molar-refractivity contribution >= 4 is 54.1 Å². The first-order valence-corrected chi connectivity index (χ1v) is 18.9. The normalized spacial score (nSPS) is 10.2. The van der Waals surface area contributed by atoms with Crippen LogP contribution in [0.3, 0.4) is 0 Å². The van der Waals surface area contributed by atoms with Gasteiger partial charge in [0.05, 0.1) is 39.5 Å². The van der Waals surface area contributed by atoms with Gasteiger partial charge >= 0.3 is 0 Å². The lowest BCUT2D eigenvalue weighted by molar-refractivity contribution is 0.101. The van der Waals surface area contributed by atoms with Crippen LogP contribution in [0.2, 0.25) is 15.8 Å². The van der Waals surface area contributed by atoms with Gasteiger partial charge in [0.2, 0.25) is 0 Å². The summed E-state index contributed by atoms with van der Waals surface area (Å²) < 4.78 is 25.0. The van der Waals surface area contributed by atoms with Crippen LogP contribution < -0.4 is 18.9 Å². The van der Waals surface area contributed by atoms with E-state index in [1.807, 2.05) is 89.6 Å². The molecule has 4 aromatic carbocycles. The molecule has 0 N–H and O–H groups in total. The maximum atomic E-state index is 11.9. The predicted octanol–water partition coefficient (Wildman–Crippen LogP) is 10.5. The molecule has 0 bridgehead atoms. The van der Waals surface area contributed by atoms with E-state index in [9.17, 15) is 4.79 Å². The highest BCUT2D eigenvalue weighted by molar-refractivity contribution is 6.58. The number of carbonyl (C=O) groups excluding carboxylic acids is 1. The Kier molecular flexibility index (Phi) is 15.2. The molecule has 2 heterocycles. The minimum atomic E-state index is -0.171. The molecule has 0 saturated carbocycles. The molecule has 0 amide bonds. The van der Waals surface area contributed by atoms with Gasteiger partial charge in [-0.2, -0.15) is 0 Å². The maximum absolute atomic E-state index is 11.9. The number of halogens is 1. The van der Waals surface area contributed by atoms with Crippen molar-refractivity contribution in [2.24, 2.45) is 0 Å². The minimum absolute atomic E-state index is 0. The molecule has 258 valence electrons. The zero-order chi connectivity index (χ0) is 34.6. The Bertz CT molecular complexity index is 1910. The van der Waals surface area contributed by atoms with Crippen LogP contribution in [0.5, 0.6) is 23.0 Å². The van der Waals surface area contributed by atoms with Crippen LogP contribution in [0.25, 0.3) is 33.2 Å². The summed E-state index contributed by atoms with van der Waals surface area (Å²) in [4.78, 5) is 11.9. The number of hydrogen-bond acceptors (Lipinski definition) is 5. The van der Waals surface area contributed by atoms with Gasteiger partial charge < -0.3 is 28.1 Å². The quantitative estimate of drug-likeness (QED) is 0.105. The van der Waals surface area contributed by atoms with Crippen molar-refractivity contribution < 1.29 is 23.7 Å². The Labute approximate surface area is 301 Å². The number of carbonyl (C=O) groups is 1. The minimum Gasteiger partial charge on any atom is -0.497 e. The van der Waals surface area contributed by atoms with Crippen molar-refractivity contribution in [2.75, 3.05) is 28.4 Å². The van der Waals surface area contributed by atoms with Gasteiger partial charge in [0.1, 0.15) is 23.0 Å². The number of aromatic nitrogens is 2. The lowest BCUT2D eigenvalue weighted by atomic mass is 10.1. The third kappa shape index (κ3) is 9.64. The Hall–Kier alpha value is -4.35. The zero-order valence-corrected chi connectivity index (χ0v) is 31.8. The molecule has 0 atom stereocenters. The van der Waals surface area contributed by atoms with E-state index in [0.29, 0.717) is 5.56 Å². The van der Waals surface area contributed by atoms with Crippen LogP contribution in [0, 0.1) is 0 Å². The molecular weight excluding hydrogens is 651 g/mol. The maximum Gasteiger partial charge on any atom is 0.261 e. The number of methoxy groups -OCH3 is 4. The molecule has 0 aliphatic carbocycles. The first-order valence-electron chi connectivity index (χ1n) is 16.4. The number of nitrogens with zero attached hydrogens (tertiary/aromatic N) is 2. The largest absolute Gasteiger partial charge is 0.497 e. The summed E-state index contributed by atoms with van der Waals surface area (Å²) >= 11 is -0.171. The fourth-order valence-corrected chi connectivity index (χ4v) is 7.39. The Morgan fingerprint density at radius 1 is 0.592 bits per heavy atom. The van der Waals surface area contributed by atoms with Crippen molar-refractivity contribution in [1.29, 1.82) is 0 Å². The van der Waals surface area contributed by atoms with Crippen molar-refractivity contribution in [3.8, 4) is 34.4 Å². The second kappa shape index (κ2) is 19.0. The summed E-state index contributed by atoms with van der Waals surface area (Å²) in [7, 11) is 6.61. The van der Waals surface area contributed by atoms with E-state index in [2.05, 4.69) is 43.7 Å². The average molecular weight is 699 g/mol. The smallest absolute Gasteiger partial charge is 0.261 e. The van der Waals surface area contributed by atoms with Gasteiger partial charge in [0.25, 0.3) is 14.1 Å². The first kappa shape index (κ1) is 39.1. The monoisotopic (exact) mass is 698 g/mol. The molecule has 49 heavy (non-hydrogen) atoms. The van der Waals surface area contributed by atoms with Crippen LogP contribution in [0.4, 0.5) is 0 Å². The number of ether oxygens (including phenoxy) is 4. The van der Waals surface area contributed by atoms with Gasteiger partial charge in [0.15, 0.2) is 5.78 Å². The number of benzene rings is 4. The summed E-state index contributed by atoms with van der Waals surface area (Å²) in [6.07, 6.45) is 3.93. The molecule has 0 radical (unpaired) electrons. The topological polar surface area (TPSA) is 63.8 Å². The molecule has 2 aromatic heterocycles. The van der Waals surface area contributed by atoms with Gasteiger partial charge in [-0.15, -0.1) is 12.4 Å². The highest BCUT2D eigenvalue weighted by Gasteiger charge is 2.14. The van der Waals surface area contributed by atoms with Gasteiger partial charge in [-0.25, -0.2) is 0 Å². The molecule has 0 spiro atoms. The molecule has 6 aromatic rings. The third-order valence-electron chi connectivity index (χ3n) is 8.72. The van der Waals surface area contributed by atoms with E-state index in [0.717, 1.165) is 56.2 Å². The average Bonchev–Trinajstić information content (AvgIpc) is 3.74. The molecule has 9 heteroatoms.